The second-order valence-electron chi connectivity index (χ2n) is 6.33. The fourth-order valence-electron chi connectivity index (χ4n) is 2.20. The average molecular weight is 302 g/mol. The van der Waals surface area contributed by atoms with E-state index in [-0.39, 0.29) is 12.1 Å². The zero-order valence-electron chi connectivity index (χ0n) is 13.3. The maximum atomic E-state index is 13.7. The molecule has 0 aliphatic carbocycles. The molecule has 1 aromatic rings. The van der Waals surface area contributed by atoms with E-state index in [2.05, 4.69) is 0 Å². The van der Waals surface area contributed by atoms with Crippen LogP contribution >= 0.6 is 0 Å². The van der Waals surface area contributed by atoms with Gasteiger partial charge in [-0.3, -0.25) is 0 Å². The van der Waals surface area contributed by atoms with Gasteiger partial charge in [0.25, 0.3) is 0 Å². The lowest BCUT2D eigenvalue weighted by Crippen LogP contribution is -2.41. The molecule has 1 heterocycles. The molecule has 1 aromatic carbocycles. The summed E-state index contributed by atoms with van der Waals surface area (Å²) in [6.07, 6.45) is 1.67. The number of hydrogen-bond acceptors (Lipinski definition) is 4. The second-order valence-corrected chi connectivity index (χ2v) is 6.33. The van der Waals surface area contributed by atoms with E-state index in [1.807, 2.05) is 33.8 Å². The van der Waals surface area contributed by atoms with Gasteiger partial charge in [0.15, 0.2) is 0 Å². The average Bonchev–Trinajstić information content (AvgIpc) is 2.64. The van der Waals surface area contributed by atoms with Crippen molar-refractivity contribution < 1.29 is 13.7 Å². The third-order valence-corrected chi connectivity index (χ3v) is 4.29. The van der Waals surface area contributed by atoms with E-state index >= 15 is 0 Å². The molecule has 1 saturated heterocycles. The van der Waals surface area contributed by atoms with Crippen LogP contribution in [0.4, 0.5) is 4.39 Å². The first-order chi connectivity index (χ1) is 10.2. The lowest BCUT2D eigenvalue weighted by atomic mass is 9.77. The molecule has 2 N–H and O–H groups in total. The highest BCUT2D eigenvalue weighted by atomic mass is 19.1. The van der Waals surface area contributed by atoms with Crippen LogP contribution < -0.4 is 5.73 Å². The molecule has 116 valence electrons. The molecule has 0 radical (unpaired) electrons. The lowest BCUT2D eigenvalue weighted by molar-refractivity contribution is 0.00578. The third-order valence-electron chi connectivity index (χ3n) is 4.29. The number of nitriles is 1. The molecule has 0 atom stereocenters. The first kappa shape index (κ1) is 16.7. The summed E-state index contributed by atoms with van der Waals surface area (Å²) in [5.74, 6) is -0.554. The SMILES string of the molecule is CC1(C)OB(C(=Cc2cccc(F)c2C#N)CN)OC1(C)C. The summed E-state index contributed by atoms with van der Waals surface area (Å²) in [5, 5.41) is 9.10. The summed E-state index contributed by atoms with van der Waals surface area (Å²) >= 11 is 0. The number of nitrogens with two attached hydrogens (primary N) is 1. The minimum Gasteiger partial charge on any atom is -0.400 e. The molecule has 2 rings (SSSR count). The van der Waals surface area contributed by atoms with Crippen LogP contribution in [0.25, 0.3) is 6.08 Å². The van der Waals surface area contributed by atoms with Crippen LogP contribution in [0.3, 0.4) is 0 Å². The van der Waals surface area contributed by atoms with Crippen LogP contribution in [0, 0.1) is 17.1 Å². The topological polar surface area (TPSA) is 68.3 Å². The number of rotatable bonds is 3. The lowest BCUT2D eigenvalue weighted by Gasteiger charge is -2.32. The van der Waals surface area contributed by atoms with Crippen molar-refractivity contribution in [3.8, 4) is 6.07 Å². The molecule has 0 saturated carbocycles. The van der Waals surface area contributed by atoms with Gasteiger partial charge in [-0.05, 0) is 44.8 Å². The summed E-state index contributed by atoms with van der Waals surface area (Å²) in [6.45, 7) is 7.99. The van der Waals surface area contributed by atoms with Crippen molar-refractivity contribution in [1.82, 2.24) is 0 Å². The van der Waals surface area contributed by atoms with E-state index in [1.165, 1.54) is 6.07 Å². The normalized spacial score (nSPS) is 20.0. The van der Waals surface area contributed by atoms with Gasteiger partial charge in [-0.25, -0.2) is 4.39 Å². The van der Waals surface area contributed by atoms with Crippen LogP contribution in [-0.2, 0) is 9.31 Å². The zero-order chi connectivity index (χ0) is 16.5. The zero-order valence-corrected chi connectivity index (χ0v) is 13.3. The van der Waals surface area contributed by atoms with Gasteiger partial charge < -0.3 is 15.0 Å². The van der Waals surface area contributed by atoms with Gasteiger partial charge in [-0.15, -0.1) is 0 Å². The van der Waals surface area contributed by atoms with E-state index in [9.17, 15) is 4.39 Å². The van der Waals surface area contributed by atoms with Crippen LogP contribution in [0.1, 0.15) is 38.8 Å². The van der Waals surface area contributed by atoms with E-state index < -0.39 is 24.1 Å². The number of hydrogen-bond donors (Lipinski definition) is 1. The Hall–Kier alpha value is -1.68. The number of halogens is 1. The fourth-order valence-corrected chi connectivity index (χ4v) is 2.20. The van der Waals surface area contributed by atoms with Gasteiger partial charge in [-0.1, -0.05) is 18.2 Å². The highest BCUT2D eigenvalue weighted by Gasteiger charge is 2.52. The molecule has 4 nitrogen and oxygen atoms in total. The summed E-state index contributed by atoms with van der Waals surface area (Å²) in [6, 6.07) is 6.36. The van der Waals surface area contributed by atoms with Crippen molar-refractivity contribution in [3.63, 3.8) is 0 Å². The predicted molar refractivity (Wildman–Crippen MR) is 84.2 cm³/mol. The molecule has 1 aliphatic heterocycles. The minimum absolute atomic E-state index is 0.00929. The molecule has 1 fully saturated rings. The summed E-state index contributed by atoms with van der Waals surface area (Å²) in [5.41, 5.74) is 5.97. The summed E-state index contributed by atoms with van der Waals surface area (Å²) in [7, 11) is -0.607. The first-order valence-electron chi connectivity index (χ1n) is 7.16. The van der Waals surface area contributed by atoms with Gasteiger partial charge in [-0.2, -0.15) is 5.26 Å². The molecule has 0 aromatic heterocycles. The monoisotopic (exact) mass is 302 g/mol. The molecular weight excluding hydrogens is 282 g/mol. The molecule has 0 bridgehead atoms. The Balaban J connectivity index is 2.39. The Bertz CT molecular complexity index is 634. The van der Waals surface area contributed by atoms with Crippen LogP contribution in [0.5, 0.6) is 0 Å². The molecule has 6 heteroatoms. The molecular formula is C16H20BFN2O2. The summed E-state index contributed by atoms with van der Waals surface area (Å²) in [4.78, 5) is 0. The van der Waals surface area contributed by atoms with E-state index in [4.69, 9.17) is 20.3 Å². The van der Waals surface area contributed by atoms with Crippen molar-refractivity contribution in [2.75, 3.05) is 6.54 Å². The van der Waals surface area contributed by atoms with Crippen molar-refractivity contribution in [2.45, 2.75) is 38.9 Å². The van der Waals surface area contributed by atoms with Crippen LogP contribution in [0.15, 0.2) is 23.7 Å². The second kappa shape index (κ2) is 5.84. The standard InChI is InChI=1S/C16H20BFN2O2/c1-15(2)16(3,4)22-17(21-15)12(9-19)8-11-6-5-7-14(18)13(11)10-20/h5-8H,9,19H2,1-4H3. The highest BCUT2D eigenvalue weighted by Crippen LogP contribution is 2.38. The van der Waals surface area contributed by atoms with E-state index in [1.54, 1.807) is 18.2 Å². The predicted octanol–water partition coefficient (Wildman–Crippen LogP) is 2.67. The maximum absolute atomic E-state index is 13.7. The van der Waals surface area contributed by atoms with E-state index in [0.29, 0.717) is 11.0 Å². The maximum Gasteiger partial charge on any atom is 0.491 e. The van der Waals surface area contributed by atoms with Gasteiger partial charge in [0, 0.05) is 6.54 Å². The van der Waals surface area contributed by atoms with Gasteiger partial charge in [0.2, 0.25) is 0 Å². The van der Waals surface area contributed by atoms with Crippen LogP contribution in [0.2, 0.25) is 0 Å². The van der Waals surface area contributed by atoms with E-state index in [0.717, 1.165) is 0 Å². The number of benzene rings is 1. The van der Waals surface area contributed by atoms with Crippen molar-refractivity contribution >= 4 is 13.2 Å². The molecule has 0 amide bonds. The third kappa shape index (κ3) is 2.93. The number of nitrogens with zero attached hydrogens (tertiary/aromatic N) is 1. The Morgan fingerprint density at radius 1 is 1.32 bits per heavy atom. The van der Waals surface area contributed by atoms with Gasteiger partial charge in [0.05, 0.1) is 16.8 Å². The Labute approximate surface area is 130 Å². The minimum atomic E-state index is -0.607. The molecule has 0 unspecified atom stereocenters. The Morgan fingerprint density at radius 3 is 2.41 bits per heavy atom. The molecule has 22 heavy (non-hydrogen) atoms. The van der Waals surface area contributed by atoms with Crippen molar-refractivity contribution in [3.05, 3.63) is 40.6 Å². The van der Waals surface area contributed by atoms with Gasteiger partial charge >= 0.3 is 7.12 Å². The fraction of sp³-hybridized carbons (Fsp3) is 0.438. The summed E-state index contributed by atoms with van der Waals surface area (Å²) < 4.78 is 25.6. The molecule has 1 aliphatic rings. The molecule has 0 spiro atoms. The smallest absolute Gasteiger partial charge is 0.400 e. The first-order valence-corrected chi connectivity index (χ1v) is 7.16. The van der Waals surface area contributed by atoms with Crippen LogP contribution in [-0.4, -0.2) is 24.9 Å². The Morgan fingerprint density at radius 2 is 1.91 bits per heavy atom. The Kier molecular flexibility index (Phi) is 4.43. The van der Waals surface area contributed by atoms with Crippen molar-refractivity contribution in [2.24, 2.45) is 5.73 Å². The van der Waals surface area contributed by atoms with Crippen molar-refractivity contribution in [1.29, 1.82) is 5.26 Å². The van der Waals surface area contributed by atoms with Gasteiger partial charge in [0.1, 0.15) is 11.9 Å². The quantitative estimate of drug-likeness (QED) is 0.872. The highest BCUT2D eigenvalue weighted by molar-refractivity contribution is 6.55. The largest absolute Gasteiger partial charge is 0.491 e.